The highest BCUT2D eigenvalue weighted by molar-refractivity contribution is 6.33. The molecule has 1 fully saturated rings. The monoisotopic (exact) mass is 524 g/mol. The minimum atomic E-state index is -0.194. The highest BCUT2D eigenvalue weighted by atomic mass is 35.5. The summed E-state index contributed by atoms with van der Waals surface area (Å²) >= 11 is 6.33. The fourth-order valence-corrected chi connectivity index (χ4v) is 3.88. The van der Waals surface area contributed by atoms with Gasteiger partial charge in [-0.15, -0.1) is 0 Å². The first-order chi connectivity index (χ1) is 17.8. The number of hydrogen-bond donors (Lipinski definition) is 4. The molecule has 0 saturated carbocycles. The van der Waals surface area contributed by atoms with Gasteiger partial charge in [-0.2, -0.15) is 4.98 Å². The van der Waals surface area contributed by atoms with Crippen LogP contribution in [0.5, 0.6) is 5.75 Å². The van der Waals surface area contributed by atoms with Gasteiger partial charge in [0.05, 0.1) is 30.4 Å². The zero-order chi connectivity index (χ0) is 26.4. The molecular weight excluding hydrogens is 496 g/mol. The van der Waals surface area contributed by atoms with E-state index in [0.717, 1.165) is 13.1 Å². The molecule has 3 aromatic rings. The van der Waals surface area contributed by atoms with Crippen molar-refractivity contribution >= 4 is 58.1 Å². The highest BCUT2D eigenvalue weighted by Crippen LogP contribution is 2.32. The van der Waals surface area contributed by atoms with Crippen LogP contribution in [0.4, 0.5) is 39.3 Å². The number of para-hydroxylation sites is 2. The predicted octanol–water partition coefficient (Wildman–Crippen LogP) is 4.36. The number of nitrogens with one attached hydrogen (secondary N) is 4. The topological polar surface area (TPSA) is 124 Å². The lowest BCUT2D eigenvalue weighted by Gasteiger charge is -2.32. The van der Waals surface area contributed by atoms with Crippen LogP contribution in [-0.4, -0.2) is 72.0 Å². The van der Waals surface area contributed by atoms with Gasteiger partial charge in [-0.1, -0.05) is 23.7 Å². The second kappa shape index (κ2) is 11.8. The Morgan fingerprint density at radius 3 is 2.41 bits per heavy atom. The van der Waals surface area contributed by atoms with Gasteiger partial charge < -0.3 is 35.8 Å². The number of rotatable bonds is 7. The van der Waals surface area contributed by atoms with Crippen LogP contribution < -0.4 is 26.0 Å². The van der Waals surface area contributed by atoms with Gasteiger partial charge in [0.25, 0.3) is 0 Å². The molecule has 0 spiro atoms. The van der Waals surface area contributed by atoms with Gasteiger partial charge in [-0.3, -0.25) is 4.79 Å². The van der Waals surface area contributed by atoms with E-state index in [1.807, 2.05) is 19.2 Å². The van der Waals surface area contributed by atoms with Gasteiger partial charge in [0.15, 0.2) is 5.82 Å². The third-order valence-corrected chi connectivity index (χ3v) is 6.00. The summed E-state index contributed by atoms with van der Waals surface area (Å²) < 4.78 is 5.53. The molecule has 1 aliphatic heterocycles. The molecule has 2 aromatic carbocycles. The molecule has 1 aliphatic rings. The molecule has 12 heteroatoms. The second-order valence-electron chi connectivity index (χ2n) is 8.50. The summed E-state index contributed by atoms with van der Waals surface area (Å²) in [6.45, 7) is 4.48. The van der Waals surface area contributed by atoms with E-state index in [1.54, 1.807) is 42.3 Å². The smallest absolute Gasteiger partial charge is 0.321 e. The van der Waals surface area contributed by atoms with Gasteiger partial charge in [-0.05, 0) is 31.3 Å². The molecule has 1 saturated heterocycles. The number of methoxy groups -OCH3 is 1. The third-order valence-electron chi connectivity index (χ3n) is 5.72. The molecule has 0 aliphatic carbocycles. The maximum Gasteiger partial charge on any atom is 0.321 e. The number of carbonyl (C=O) groups excluding carboxylic acids is 2. The molecule has 0 radical (unpaired) electrons. The van der Waals surface area contributed by atoms with Crippen molar-refractivity contribution in [2.45, 2.75) is 6.92 Å². The number of aromatic nitrogens is 2. The van der Waals surface area contributed by atoms with E-state index in [0.29, 0.717) is 52.4 Å². The highest BCUT2D eigenvalue weighted by Gasteiger charge is 2.19. The molecule has 11 nitrogen and oxygen atoms in total. The predicted molar refractivity (Wildman–Crippen MR) is 145 cm³/mol. The lowest BCUT2D eigenvalue weighted by molar-refractivity contribution is -0.114. The number of likely N-dealkylation sites (N-methyl/N-ethyl adjacent to an activating group) is 1. The molecule has 194 valence electrons. The van der Waals surface area contributed by atoms with Crippen molar-refractivity contribution in [3.8, 4) is 5.75 Å². The first-order valence-electron chi connectivity index (χ1n) is 11.7. The quantitative estimate of drug-likeness (QED) is 0.359. The molecule has 0 atom stereocenters. The fraction of sp³-hybridized carbons (Fsp3) is 0.280. The molecule has 4 N–H and O–H groups in total. The number of benzene rings is 2. The van der Waals surface area contributed by atoms with Crippen LogP contribution in [0.2, 0.25) is 5.02 Å². The summed E-state index contributed by atoms with van der Waals surface area (Å²) in [6, 6.07) is 12.3. The second-order valence-corrected chi connectivity index (χ2v) is 8.91. The number of carbonyl (C=O) groups is 2. The van der Waals surface area contributed by atoms with E-state index in [-0.39, 0.29) is 17.9 Å². The van der Waals surface area contributed by atoms with E-state index in [2.05, 4.69) is 36.1 Å². The zero-order valence-corrected chi connectivity index (χ0v) is 21.6. The average Bonchev–Trinajstić information content (AvgIpc) is 2.88. The van der Waals surface area contributed by atoms with Gasteiger partial charge in [0, 0.05) is 44.9 Å². The van der Waals surface area contributed by atoms with Crippen LogP contribution in [0, 0.1) is 0 Å². The van der Waals surface area contributed by atoms with Crippen LogP contribution in [0.15, 0.2) is 48.7 Å². The minimum Gasteiger partial charge on any atom is -0.494 e. The van der Waals surface area contributed by atoms with Crippen LogP contribution in [0.25, 0.3) is 0 Å². The fourth-order valence-electron chi connectivity index (χ4n) is 3.74. The van der Waals surface area contributed by atoms with E-state index in [1.165, 1.54) is 13.1 Å². The number of urea groups is 1. The van der Waals surface area contributed by atoms with Gasteiger partial charge >= 0.3 is 6.03 Å². The molecule has 37 heavy (non-hydrogen) atoms. The Labute approximate surface area is 220 Å². The Hall–Kier alpha value is -4.09. The average molecular weight is 525 g/mol. The number of ether oxygens (including phenoxy) is 1. The number of anilines is 6. The van der Waals surface area contributed by atoms with Crippen molar-refractivity contribution in [1.29, 1.82) is 0 Å². The molecule has 0 bridgehead atoms. The summed E-state index contributed by atoms with van der Waals surface area (Å²) in [4.78, 5) is 36.9. The summed E-state index contributed by atoms with van der Waals surface area (Å²) in [7, 11) is 3.58. The Morgan fingerprint density at radius 2 is 1.70 bits per heavy atom. The maximum atomic E-state index is 12.6. The van der Waals surface area contributed by atoms with Crippen molar-refractivity contribution in [2.24, 2.45) is 0 Å². The van der Waals surface area contributed by atoms with Crippen LogP contribution in [0.3, 0.4) is 0 Å². The summed E-state index contributed by atoms with van der Waals surface area (Å²) in [5.74, 6) is 0.935. The van der Waals surface area contributed by atoms with Crippen molar-refractivity contribution in [3.05, 3.63) is 53.7 Å². The molecular formula is C25H29ClN8O3. The Bertz CT molecular complexity index is 1280. The SMILES string of the molecule is COc1cc(NC(=O)N2CCN(C)CC2)ccc1Nc1ncc(Cl)c(Nc2ccccc2NC(C)=O)n1. The molecule has 1 aromatic heterocycles. The Morgan fingerprint density at radius 1 is 0.973 bits per heavy atom. The number of halogens is 1. The number of amides is 3. The number of nitrogens with zero attached hydrogens (tertiary/aromatic N) is 4. The van der Waals surface area contributed by atoms with Crippen molar-refractivity contribution in [2.75, 3.05) is 61.6 Å². The van der Waals surface area contributed by atoms with E-state index in [9.17, 15) is 9.59 Å². The molecule has 0 unspecified atom stereocenters. The Balaban J connectivity index is 1.48. The summed E-state index contributed by atoms with van der Waals surface area (Å²) in [5, 5.41) is 12.3. The van der Waals surface area contributed by atoms with Crippen molar-refractivity contribution in [1.82, 2.24) is 19.8 Å². The minimum absolute atomic E-state index is 0.146. The maximum absolute atomic E-state index is 12.6. The normalized spacial score (nSPS) is 13.6. The number of piperazine rings is 1. The van der Waals surface area contributed by atoms with E-state index >= 15 is 0 Å². The van der Waals surface area contributed by atoms with E-state index < -0.39 is 0 Å². The van der Waals surface area contributed by atoms with Crippen LogP contribution in [-0.2, 0) is 4.79 Å². The first kappa shape index (κ1) is 26.0. The van der Waals surface area contributed by atoms with Gasteiger partial charge in [-0.25, -0.2) is 9.78 Å². The third kappa shape index (κ3) is 6.78. The van der Waals surface area contributed by atoms with Gasteiger partial charge in [0.1, 0.15) is 10.8 Å². The lowest BCUT2D eigenvalue weighted by Crippen LogP contribution is -2.48. The summed E-state index contributed by atoms with van der Waals surface area (Å²) in [6.07, 6.45) is 1.47. The van der Waals surface area contributed by atoms with Crippen molar-refractivity contribution < 1.29 is 14.3 Å². The van der Waals surface area contributed by atoms with E-state index in [4.69, 9.17) is 16.3 Å². The Kier molecular flexibility index (Phi) is 8.26. The summed E-state index contributed by atoms with van der Waals surface area (Å²) in [5.41, 5.74) is 2.43. The standard InChI is InChI=1S/C25H29ClN8O3/c1-16(35)28-19-6-4-5-7-20(19)30-23-18(26)15-27-24(32-23)31-21-9-8-17(14-22(21)37-3)29-25(36)34-12-10-33(2)11-13-34/h4-9,14-15H,10-13H2,1-3H3,(H,28,35)(H,29,36)(H2,27,30,31,32). The molecule has 4 rings (SSSR count). The van der Waals surface area contributed by atoms with Gasteiger partial charge in [0.2, 0.25) is 11.9 Å². The van der Waals surface area contributed by atoms with Crippen molar-refractivity contribution in [3.63, 3.8) is 0 Å². The molecule has 2 heterocycles. The van der Waals surface area contributed by atoms with Crippen LogP contribution in [0.1, 0.15) is 6.92 Å². The number of hydrogen-bond acceptors (Lipinski definition) is 8. The van der Waals surface area contributed by atoms with Crippen LogP contribution >= 0.6 is 11.6 Å². The zero-order valence-electron chi connectivity index (χ0n) is 20.8. The largest absolute Gasteiger partial charge is 0.494 e. The molecule has 3 amide bonds. The first-order valence-corrected chi connectivity index (χ1v) is 12.1. The lowest BCUT2D eigenvalue weighted by atomic mass is 10.2.